The summed E-state index contributed by atoms with van der Waals surface area (Å²) in [6, 6.07) is 19.2. The van der Waals surface area contributed by atoms with E-state index >= 15 is 0 Å². The van der Waals surface area contributed by atoms with Crippen molar-refractivity contribution in [2.45, 2.75) is 98.4 Å². The Kier molecular flexibility index (Phi) is 12.7. The lowest BCUT2D eigenvalue weighted by molar-refractivity contribution is -0.143. The molecule has 0 saturated carbocycles. The zero-order valence-electron chi connectivity index (χ0n) is 26.1. The van der Waals surface area contributed by atoms with Gasteiger partial charge in [0.25, 0.3) is 0 Å². The lowest BCUT2D eigenvalue weighted by Crippen LogP contribution is -2.11. The van der Waals surface area contributed by atoms with Gasteiger partial charge in [0, 0.05) is 41.7 Å². The number of benzene rings is 2. The average Bonchev–Trinajstić information content (AvgIpc) is 3.27. The van der Waals surface area contributed by atoms with Crippen LogP contribution in [-0.4, -0.2) is 22.9 Å². The van der Waals surface area contributed by atoms with Crippen LogP contribution in [0.25, 0.3) is 0 Å². The van der Waals surface area contributed by atoms with Gasteiger partial charge in [0.15, 0.2) is 5.78 Å². The highest BCUT2D eigenvalue weighted by atomic mass is 16.5. The molecule has 3 rings (SSSR count). The van der Waals surface area contributed by atoms with Gasteiger partial charge < -0.3 is 14.6 Å². The molecule has 0 radical (unpaired) electrons. The number of aromatic nitrogens is 1. The summed E-state index contributed by atoms with van der Waals surface area (Å²) in [6.07, 6.45) is 8.35. The normalized spacial score (nSPS) is 12.0. The average molecular weight is 559 g/mol. The van der Waals surface area contributed by atoms with Gasteiger partial charge in [-0.2, -0.15) is 0 Å². The van der Waals surface area contributed by atoms with Crippen molar-refractivity contribution in [1.82, 2.24) is 4.57 Å². The molecule has 0 aliphatic rings. The van der Waals surface area contributed by atoms with E-state index in [4.69, 9.17) is 4.74 Å². The Morgan fingerprint density at radius 3 is 2.24 bits per heavy atom. The van der Waals surface area contributed by atoms with E-state index in [0.717, 1.165) is 48.3 Å². The van der Waals surface area contributed by atoms with Crippen LogP contribution >= 0.6 is 0 Å². The molecule has 0 aliphatic heterocycles. The smallest absolute Gasteiger partial charge is 0.305 e. The van der Waals surface area contributed by atoms with Crippen LogP contribution < -0.4 is 5.32 Å². The standard InChI is InChI=1S/C36H50N2O3/c1-7-10-11-14-33(28-18-16-27(17-19-28)24-26(4)5)37-30-22-20-29(21-23-30)36(40)32-25-31(38(6)34(32)8-2)13-12-15-35(39)41-9-3/h16-23,25-26,33,37H,7-15,24H2,1-6H3. The molecule has 0 aliphatic carbocycles. The molecular weight excluding hydrogens is 508 g/mol. The monoisotopic (exact) mass is 558 g/mol. The number of nitrogens with zero attached hydrogens (tertiary/aromatic N) is 1. The maximum atomic E-state index is 13.6. The number of hydrogen-bond acceptors (Lipinski definition) is 4. The first-order valence-corrected chi connectivity index (χ1v) is 15.6. The number of carbonyl (C=O) groups is 2. The highest BCUT2D eigenvalue weighted by Gasteiger charge is 2.20. The van der Waals surface area contributed by atoms with E-state index in [2.05, 4.69) is 61.8 Å². The Morgan fingerprint density at radius 2 is 1.63 bits per heavy atom. The molecule has 0 saturated heterocycles. The number of nitrogens with one attached hydrogen (secondary N) is 1. The zero-order valence-corrected chi connectivity index (χ0v) is 26.1. The van der Waals surface area contributed by atoms with Gasteiger partial charge in [-0.15, -0.1) is 0 Å². The first kappa shape index (κ1) is 32.2. The minimum Gasteiger partial charge on any atom is -0.466 e. The summed E-state index contributed by atoms with van der Waals surface area (Å²) in [7, 11) is 2.01. The van der Waals surface area contributed by atoms with Crippen molar-refractivity contribution in [3.05, 3.63) is 88.2 Å². The molecule has 0 fully saturated rings. The molecule has 3 aromatic rings. The van der Waals surface area contributed by atoms with E-state index in [1.54, 1.807) is 0 Å². The Hall–Kier alpha value is -3.34. The second-order valence-electron chi connectivity index (χ2n) is 11.5. The number of esters is 1. The molecule has 0 spiro atoms. The summed E-state index contributed by atoms with van der Waals surface area (Å²) in [5.41, 5.74) is 7.25. The van der Waals surface area contributed by atoms with Crippen LogP contribution in [0.5, 0.6) is 0 Å². The summed E-state index contributed by atoms with van der Waals surface area (Å²) in [4.78, 5) is 25.3. The largest absolute Gasteiger partial charge is 0.466 e. The number of ketones is 1. The number of aryl methyl sites for hydroxylation is 1. The number of rotatable bonds is 17. The van der Waals surface area contributed by atoms with Crippen LogP contribution in [0.2, 0.25) is 0 Å². The Balaban J connectivity index is 1.73. The van der Waals surface area contributed by atoms with Gasteiger partial charge in [0.05, 0.1) is 12.6 Å². The third-order valence-electron chi connectivity index (χ3n) is 7.77. The van der Waals surface area contributed by atoms with Crippen molar-refractivity contribution >= 4 is 17.4 Å². The highest BCUT2D eigenvalue weighted by molar-refractivity contribution is 6.10. The fourth-order valence-electron chi connectivity index (χ4n) is 5.56. The molecule has 1 heterocycles. The first-order valence-electron chi connectivity index (χ1n) is 15.6. The number of ether oxygens (including phenoxy) is 1. The predicted octanol–water partition coefficient (Wildman–Crippen LogP) is 8.64. The number of anilines is 1. The van der Waals surface area contributed by atoms with Crippen LogP contribution in [0.3, 0.4) is 0 Å². The van der Waals surface area contributed by atoms with Crippen molar-refractivity contribution in [1.29, 1.82) is 0 Å². The van der Waals surface area contributed by atoms with E-state index in [1.165, 1.54) is 30.4 Å². The van der Waals surface area contributed by atoms with Gasteiger partial charge in [0.2, 0.25) is 0 Å². The lowest BCUT2D eigenvalue weighted by atomic mass is 9.96. The number of carbonyl (C=O) groups excluding carboxylic acids is 2. The molecule has 1 aromatic heterocycles. The van der Waals surface area contributed by atoms with E-state index in [-0.39, 0.29) is 17.8 Å². The molecule has 0 amide bonds. The summed E-state index contributed by atoms with van der Waals surface area (Å²) in [5, 5.41) is 3.74. The third-order valence-corrected chi connectivity index (χ3v) is 7.77. The van der Waals surface area contributed by atoms with Crippen LogP contribution in [0.4, 0.5) is 5.69 Å². The Labute approximate surface area is 247 Å². The molecule has 0 bridgehead atoms. The summed E-state index contributed by atoms with van der Waals surface area (Å²) >= 11 is 0. The van der Waals surface area contributed by atoms with E-state index in [9.17, 15) is 9.59 Å². The van der Waals surface area contributed by atoms with Crippen LogP contribution in [0.15, 0.2) is 54.6 Å². The highest BCUT2D eigenvalue weighted by Crippen LogP contribution is 2.27. The molecule has 1 atom stereocenters. The number of hydrogen-bond donors (Lipinski definition) is 1. The molecule has 41 heavy (non-hydrogen) atoms. The predicted molar refractivity (Wildman–Crippen MR) is 170 cm³/mol. The SMILES string of the molecule is CCCCCC(Nc1ccc(C(=O)c2cc(CCCC(=O)OCC)n(C)c2CC)cc1)c1ccc(CC(C)C)cc1. The number of unbranched alkanes of at least 4 members (excludes halogenated alkanes) is 2. The fourth-order valence-corrected chi connectivity index (χ4v) is 5.56. The van der Waals surface area contributed by atoms with Crippen molar-refractivity contribution in [3.8, 4) is 0 Å². The Morgan fingerprint density at radius 1 is 0.927 bits per heavy atom. The Bertz CT molecular complexity index is 1240. The molecule has 5 heteroatoms. The lowest BCUT2D eigenvalue weighted by Gasteiger charge is -2.21. The van der Waals surface area contributed by atoms with Crippen molar-refractivity contribution in [3.63, 3.8) is 0 Å². The molecule has 222 valence electrons. The molecular formula is C36H50N2O3. The van der Waals surface area contributed by atoms with Gasteiger partial charge in [0.1, 0.15) is 0 Å². The topological polar surface area (TPSA) is 60.3 Å². The molecule has 1 N–H and O–H groups in total. The molecule has 5 nitrogen and oxygen atoms in total. The minimum absolute atomic E-state index is 0.0425. The van der Waals surface area contributed by atoms with Crippen molar-refractivity contribution < 1.29 is 14.3 Å². The van der Waals surface area contributed by atoms with Gasteiger partial charge in [-0.25, -0.2) is 0 Å². The summed E-state index contributed by atoms with van der Waals surface area (Å²) in [5.74, 6) is 0.520. The van der Waals surface area contributed by atoms with Gasteiger partial charge in [-0.05, 0) is 86.4 Å². The summed E-state index contributed by atoms with van der Waals surface area (Å²) in [6.45, 7) is 11.1. The maximum absolute atomic E-state index is 13.6. The van der Waals surface area contributed by atoms with E-state index < -0.39 is 0 Å². The quantitative estimate of drug-likeness (QED) is 0.102. The zero-order chi connectivity index (χ0) is 29.8. The van der Waals surface area contributed by atoms with E-state index in [0.29, 0.717) is 30.9 Å². The second-order valence-corrected chi connectivity index (χ2v) is 11.5. The maximum Gasteiger partial charge on any atom is 0.305 e. The van der Waals surface area contributed by atoms with Crippen molar-refractivity contribution in [2.24, 2.45) is 13.0 Å². The molecule has 2 aromatic carbocycles. The minimum atomic E-state index is -0.168. The summed E-state index contributed by atoms with van der Waals surface area (Å²) < 4.78 is 7.16. The second kappa shape index (κ2) is 16.2. The first-order chi connectivity index (χ1) is 19.8. The van der Waals surface area contributed by atoms with Gasteiger partial charge in [-0.3, -0.25) is 9.59 Å². The van der Waals surface area contributed by atoms with Crippen molar-refractivity contribution in [2.75, 3.05) is 11.9 Å². The van der Waals surface area contributed by atoms with Gasteiger partial charge in [-0.1, -0.05) is 71.2 Å². The fraction of sp³-hybridized carbons (Fsp3) is 0.500. The molecule has 1 unspecified atom stereocenters. The van der Waals surface area contributed by atoms with E-state index in [1.807, 2.05) is 44.3 Å². The van der Waals surface area contributed by atoms with Crippen LogP contribution in [-0.2, 0) is 35.8 Å². The van der Waals surface area contributed by atoms with Crippen LogP contribution in [0, 0.1) is 5.92 Å². The van der Waals surface area contributed by atoms with Gasteiger partial charge >= 0.3 is 5.97 Å². The van der Waals surface area contributed by atoms with Crippen LogP contribution in [0.1, 0.15) is 118 Å². The third kappa shape index (κ3) is 9.34.